The zero-order valence-electron chi connectivity index (χ0n) is 13.1. The van der Waals surface area contributed by atoms with Crippen molar-refractivity contribution in [2.24, 2.45) is 0 Å². The van der Waals surface area contributed by atoms with Crippen LogP contribution in [0.4, 0.5) is 4.79 Å². The molecule has 1 aromatic carbocycles. The predicted molar refractivity (Wildman–Crippen MR) is 81.5 cm³/mol. The molecule has 23 heavy (non-hydrogen) atoms. The van der Waals surface area contributed by atoms with Gasteiger partial charge in [0.05, 0.1) is 21.2 Å². The summed E-state index contributed by atoms with van der Waals surface area (Å²) < 4.78 is 36.0. The molecule has 1 unspecified atom stereocenters. The summed E-state index contributed by atoms with van der Waals surface area (Å²) in [6.45, 7) is 1.81. The van der Waals surface area contributed by atoms with Crippen molar-refractivity contribution in [1.82, 2.24) is 4.90 Å². The number of nitrogens with zero attached hydrogens (tertiary/aromatic N) is 2. The van der Waals surface area contributed by atoms with Gasteiger partial charge in [-0.05, 0) is 24.6 Å². The second-order valence-electron chi connectivity index (χ2n) is 5.09. The third kappa shape index (κ3) is 3.19. The number of urea groups is 1. The number of ether oxygens (including phenoxy) is 1. The Hall–Kier alpha value is -2.42. The van der Waals surface area contributed by atoms with Crippen LogP contribution in [0.25, 0.3) is 0 Å². The molecule has 0 saturated carbocycles. The Kier molecular flexibility index (Phi) is 4.42. The van der Waals surface area contributed by atoms with E-state index in [1.807, 2.05) is 6.92 Å². The summed E-state index contributed by atoms with van der Waals surface area (Å²) in [6.07, 6.45) is 1.01. The fourth-order valence-electron chi connectivity index (χ4n) is 2.07. The van der Waals surface area contributed by atoms with Crippen LogP contribution < -0.4 is 8.92 Å². The Bertz CT molecular complexity index is 799. The maximum atomic E-state index is 12.4. The molecule has 124 valence electrons. The molecule has 0 fully saturated rings. The van der Waals surface area contributed by atoms with Gasteiger partial charge in [0.25, 0.3) is 5.25 Å². The predicted octanol–water partition coefficient (Wildman–Crippen LogP) is 0.386. The van der Waals surface area contributed by atoms with Crippen LogP contribution in [-0.4, -0.2) is 62.5 Å². The van der Waals surface area contributed by atoms with Crippen molar-refractivity contribution >= 4 is 28.3 Å². The molecule has 0 aliphatic carbocycles. The molecule has 0 spiro atoms. The lowest BCUT2D eigenvalue weighted by Crippen LogP contribution is -2.54. The molecule has 0 aromatic heterocycles. The second-order valence-corrected chi connectivity index (χ2v) is 6.75. The molecular formula is C14H17N2O6S+. The number of benzene rings is 1. The first-order valence-electron chi connectivity index (χ1n) is 6.64. The zero-order chi connectivity index (χ0) is 17.4. The van der Waals surface area contributed by atoms with Crippen LogP contribution in [0.5, 0.6) is 11.5 Å². The molecule has 0 N–H and O–H groups in total. The van der Waals surface area contributed by atoms with E-state index in [0.717, 1.165) is 21.3 Å². The molecule has 1 aliphatic heterocycles. The lowest BCUT2D eigenvalue weighted by atomic mass is 10.2. The first-order chi connectivity index (χ1) is 10.7. The van der Waals surface area contributed by atoms with Crippen LogP contribution in [0.1, 0.15) is 5.56 Å². The summed E-state index contributed by atoms with van der Waals surface area (Å²) >= 11 is 0. The van der Waals surface area contributed by atoms with E-state index in [2.05, 4.69) is 0 Å². The molecule has 1 aliphatic rings. The van der Waals surface area contributed by atoms with E-state index in [4.69, 9.17) is 8.92 Å². The highest BCUT2D eigenvalue weighted by atomic mass is 32.2. The van der Waals surface area contributed by atoms with E-state index >= 15 is 0 Å². The molecule has 8 nitrogen and oxygen atoms in total. The smallest absolute Gasteiger partial charge is 0.493 e. The summed E-state index contributed by atoms with van der Waals surface area (Å²) in [5.41, 5.74) is 0.858. The van der Waals surface area contributed by atoms with Gasteiger partial charge < -0.3 is 8.92 Å². The molecule has 3 amide bonds. The van der Waals surface area contributed by atoms with Gasteiger partial charge in [0.1, 0.15) is 6.21 Å². The Labute approximate surface area is 134 Å². The highest BCUT2D eigenvalue weighted by molar-refractivity contribution is 7.89. The third-order valence-electron chi connectivity index (χ3n) is 3.36. The van der Waals surface area contributed by atoms with Gasteiger partial charge in [-0.1, -0.05) is 6.07 Å². The minimum Gasteiger partial charge on any atom is -0.493 e. The molecule has 1 aromatic rings. The maximum Gasteiger partial charge on any atom is 0.500 e. The van der Waals surface area contributed by atoms with Crippen LogP contribution in [0, 0.1) is 6.92 Å². The molecule has 2 rings (SSSR count). The lowest BCUT2D eigenvalue weighted by molar-refractivity contribution is -0.399. The highest BCUT2D eigenvalue weighted by Crippen LogP contribution is 2.30. The van der Waals surface area contributed by atoms with E-state index in [1.54, 1.807) is 12.1 Å². The molecule has 1 heterocycles. The standard InChI is InChI=1S/C14H17N2O6S/c1-9-5-6-10(11(7-9)21-4)22-23(19,20)12-8-15(2)14(18)16(3)13(12)17/h5-8,12H,1-4H3/q+1. The summed E-state index contributed by atoms with van der Waals surface area (Å²) in [6, 6.07) is 4.09. The largest absolute Gasteiger partial charge is 0.500 e. The number of hydrogen-bond donors (Lipinski definition) is 0. The van der Waals surface area contributed by atoms with E-state index < -0.39 is 27.3 Å². The quantitative estimate of drug-likeness (QED) is 0.581. The van der Waals surface area contributed by atoms with Crippen molar-refractivity contribution in [3.8, 4) is 11.5 Å². The summed E-state index contributed by atoms with van der Waals surface area (Å²) in [4.78, 5) is 24.5. The van der Waals surface area contributed by atoms with Gasteiger partial charge in [0.2, 0.25) is 0 Å². The summed E-state index contributed by atoms with van der Waals surface area (Å²) in [5, 5.41) is -1.61. The number of methoxy groups -OCH3 is 1. The summed E-state index contributed by atoms with van der Waals surface area (Å²) in [7, 11) is -0.387. The Morgan fingerprint density at radius 2 is 1.87 bits per heavy atom. The number of imide groups is 1. The number of hydrogen-bond acceptors (Lipinski definition) is 6. The Morgan fingerprint density at radius 1 is 1.22 bits per heavy atom. The SMILES string of the molecule is COc1cc(C)ccc1OS(=O)(=O)C1C=[N+](C)C(=O)N(C)C1=O. The third-order valence-corrected chi connectivity index (χ3v) is 4.71. The van der Waals surface area contributed by atoms with Gasteiger partial charge >= 0.3 is 22.1 Å². The Balaban J connectivity index is 2.40. The molecule has 9 heteroatoms. The van der Waals surface area contributed by atoms with Crippen molar-refractivity contribution < 1.29 is 31.5 Å². The molecular weight excluding hydrogens is 324 g/mol. The second kappa shape index (κ2) is 5.99. The van der Waals surface area contributed by atoms with Gasteiger partial charge in [0, 0.05) is 0 Å². The first kappa shape index (κ1) is 16.9. The lowest BCUT2D eigenvalue weighted by Gasteiger charge is -2.19. The maximum absolute atomic E-state index is 12.4. The van der Waals surface area contributed by atoms with E-state index in [9.17, 15) is 18.0 Å². The van der Waals surface area contributed by atoms with Crippen molar-refractivity contribution in [3.63, 3.8) is 0 Å². The number of rotatable bonds is 4. The van der Waals surface area contributed by atoms with Crippen LogP contribution in [0.3, 0.4) is 0 Å². The van der Waals surface area contributed by atoms with E-state index in [1.165, 1.54) is 27.3 Å². The van der Waals surface area contributed by atoms with E-state index in [0.29, 0.717) is 0 Å². The fourth-order valence-corrected chi connectivity index (χ4v) is 3.30. The average molecular weight is 341 g/mol. The number of carbonyl (C=O) groups excluding carboxylic acids is 2. The Morgan fingerprint density at radius 3 is 2.48 bits per heavy atom. The van der Waals surface area contributed by atoms with Crippen molar-refractivity contribution in [1.29, 1.82) is 0 Å². The van der Waals surface area contributed by atoms with Gasteiger partial charge in [-0.3, -0.25) is 0 Å². The van der Waals surface area contributed by atoms with Crippen LogP contribution in [0.2, 0.25) is 0 Å². The zero-order valence-corrected chi connectivity index (χ0v) is 14.0. The van der Waals surface area contributed by atoms with Gasteiger partial charge in [-0.2, -0.15) is 18.1 Å². The molecule has 1 atom stereocenters. The minimum absolute atomic E-state index is 0.0264. The number of aryl methyl sites for hydroxylation is 1. The number of amides is 3. The van der Waals surface area contributed by atoms with Crippen molar-refractivity contribution in [2.45, 2.75) is 12.2 Å². The summed E-state index contributed by atoms with van der Waals surface area (Å²) in [5.74, 6) is -0.671. The fraction of sp³-hybridized carbons (Fsp3) is 0.357. The van der Waals surface area contributed by atoms with Crippen molar-refractivity contribution in [3.05, 3.63) is 23.8 Å². The monoisotopic (exact) mass is 341 g/mol. The molecule has 0 saturated heterocycles. The average Bonchev–Trinajstić information content (AvgIpc) is 2.50. The van der Waals surface area contributed by atoms with Gasteiger partial charge in [0.15, 0.2) is 11.5 Å². The van der Waals surface area contributed by atoms with Crippen LogP contribution in [0.15, 0.2) is 18.2 Å². The minimum atomic E-state index is -4.34. The normalized spacial score (nSPS) is 18.7. The highest BCUT2D eigenvalue weighted by Gasteiger charge is 2.47. The van der Waals surface area contributed by atoms with Crippen molar-refractivity contribution in [2.75, 3.05) is 21.2 Å². The molecule has 0 bridgehead atoms. The van der Waals surface area contributed by atoms with Gasteiger partial charge in [-0.25, -0.2) is 9.37 Å². The molecule has 0 radical (unpaired) electrons. The number of carbonyl (C=O) groups is 2. The topological polar surface area (TPSA) is 93.0 Å². The first-order valence-corrected chi connectivity index (χ1v) is 8.12. The van der Waals surface area contributed by atoms with E-state index in [-0.39, 0.29) is 11.5 Å². The van der Waals surface area contributed by atoms with Crippen LogP contribution >= 0.6 is 0 Å². The van der Waals surface area contributed by atoms with Crippen LogP contribution in [-0.2, 0) is 14.9 Å². The van der Waals surface area contributed by atoms with Gasteiger partial charge in [-0.15, -0.1) is 0 Å².